The third-order valence-electron chi connectivity index (χ3n) is 9.19. The van der Waals surface area contributed by atoms with Crippen molar-refractivity contribution in [3.05, 3.63) is 176 Å². The molecule has 238 valence electrons. The molecule has 0 aliphatic rings. The molecule has 6 heteroatoms. The highest BCUT2D eigenvalue weighted by Crippen LogP contribution is 2.39. The second-order valence-electron chi connectivity index (χ2n) is 12.3. The normalized spacial score (nSPS) is 11.1. The Balaban J connectivity index is 1.34. The number of aromatic nitrogens is 5. The average molecular weight is 653 g/mol. The molecule has 0 saturated carbocycles. The number of nitriles is 1. The van der Waals surface area contributed by atoms with Crippen molar-refractivity contribution in [3.8, 4) is 68.2 Å². The molecule has 6 aromatic carbocycles. The second kappa shape index (κ2) is 12.7. The molecular formula is C45H28N6. The van der Waals surface area contributed by atoms with Crippen molar-refractivity contribution in [1.82, 2.24) is 24.5 Å². The molecule has 9 aromatic rings. The Labute approximate surface area is 294 Å². The van der Waals surface area contributed by atoms with Crippen LogP contribution >= 0.6 is 0 Å². The standard InChI is InChI=1S/C45H28N6/c46-28-30-17-19-31(20-18-30)35-21-23-38-37-15-7-8-16-40(37)51(42(38)27-35)41-24-22-34(36-14-9-25-47-29-36)26-39(41)45-49-43(32-10-3-1-4-11-32)48-44(50-45)33-12-5-2-6-13-33/h1-27,29H. The van der Waals surface area contributed by atoms with Gasteiger partial charge in [0.15, 0.2) is 17.5 Å². The van der Waals surface area contributed by atoms with Gasteiger partial charge in [0, 0.05) is 45.4 Å². The first kappa shape index (κ1) is 29.9. The highest BCUT2D eigenvalue weighted by Gasteiger charge is 2.21. The van der Waals surface area contributed by atoms with Crippen LogP contribution < -0.4 is 0 Å². The van der Waals surface area contributed by atoms with Crippen molar-refractivity contribution in [2.24, 2.45) is 0 Å². The molecule has 0 spiro atoms. The number of para-hydroxylation sites is 1. The maximum absolute atomic E-state index is 9.39. The Hall–Kier alpha value is -7.23. The zero-order chi connectivity index (χ0) is 34.1. The number of fused-ring (bicyclic) bond motifs is 3. The van der Waals surface area contributed by atoms with Crippen LogP contribution in [0.15, 0.2) is 170 Å². The quantitative estimate of drug-likeness (QED) is 0.179. The van der Waals surface area contributed by atoms with Crippen molar-refractivity contribution in [2.75, 3.05) is 0 Å². The molecule has 0 fully saturated rings. The number of benzene rings is 6. The molecule has 0 bridgehead atoms. The van der Waals surface area contributed by atoms with E-state index in [2.05, 4.69) is 82.4 Å². The third kappa shape index (κ3) is 5.49. The van der Waals surface area contributed by atoms with Gasteiger partial charge in [-0.3, -0.25) is 4.98 Å². The number of hydrogen-bond acceptors (Lipinski definition) is 5. The monoisotopic (exact) mass is 652 g/mol. The van der Waals surface area contributed by atoms with Crippen molar-refractivity contribution in [2.45, 2.75) is 0 Å². The number of pyridine rings is 1. The second-order valence-corrected chi connectivity index (χ2v) is 12.3. The van der Waals surface area contributed by atoms with Crippen LogP contribution in [0.2, 0.25) is 0 Å². The Kier molecular flexibility index (Phi) is 7.42. The molecule has 0 unspecified atom stereocenters. The molecule has 0 atom stereocenters. The first-order chi connectivity index (χ1) is 25.2. The lowest BCUT2D eigenvalue weighted by atomic mass is 10.0. The van der Waals surface area contributed by atoms with E-state index in [-0.39, 0.29) is 0 Å². The third-order valence-corrected chi connectivity index (χ3v) is 9.19. The first-order valence-corrected chi connectivity index (χ1v) is 16.7. The lowest BCUT2D eigenvalue weighted by molar-refractivity contribution is 1.06. The van der Waals surface area contributed by atoms with E-state index in [1.807, 2.05) is 97.2 Å². The highest BCUT2D eigenvalue weighted by molar-refractivity contribution is 6.10. The zero-order valence-electron chi connectivity index (χ0n) is 27.3. The molecule has 6 nitrogen and oxygen atoms in total. The summed E-state index contributed by atoms with van der Waals surface area (Å²) in [5, 5.41) is 11.7. The summed E-state index contributed by atoms with van der Waals surface area (Å²) < 4.78 is 2.31. The van der Waals surface area contributed by atoms with Crippen LogP contribution in [0.3, 0.4) is 0 Å². The van der Waals surface area contributed by atoms with Crippen LogP contribution in [0, 0.1) is 11.3 Å². The fourth-order valence-corrected chi connectivity index (χ4v) is 6.70. The van der Waals surface area contributed by atoms with Crippen molar-refractivity contribution < 1.29 is 0 Å². The van der Waals surface area contributed by atoms with E-state index in [0.717, 1.165) is 66.4 Å². The Morgan fingerprint density at radius 2 is 1.04 bits per heavy atom. The van der Waals surface area contributed by atoms with Gasteiger partial charge in [-0.25, -0.2) is 15.0 Å². The van der Waals surface area contributed by atoms with Crippen LogP contribution in [-0.4, -0.2) is 24.5 Å². The van der Waals surface area contributed by atoms with E-state index >= 15 is 0 Å². The van der Waals surface area contributed by atoms with Crippen LogP contribution in [0.4, 0.5) is 0 Å². The zero-order valence-corrected chi connectivity index (χ0v) is 27.3. The van der Waals surface area contributed by atoms with E-state index in [4.69, 9.17) is 15.0 Å². The minimum absolute atomic E-state index is 0.567. The van der Waals surface area contributed by atoms with Crippen LogP contribution in [-0.2, 0) is 0 Å². The number of rotatable bonds is 6. The van der Waals surface area contributed by atoms with Crippen molar-refractivity contribution in [1.29, 1.82) is 5.26 Å². The number of hydrogen-bond donors (Lipinski definition) is 0. The molecule has 0 aliphatic heterocycles. The molecule has 0 saturated heterocycles. The summed E-state index contributed by atoms with van der Waals surface area (Å²) in [4.78, 5) is 19.7. The van der Waals surface area contributed by atoms with E-state index in [1.165, 1.54) is 0 Å². The molecular weight excluding hydrogens is 625 g/mol. The van der Waals surface area contributed by atoms with Crippen LogP contribution in [0.5, 0.6) is 0 Å². The van der Waals surface area contributed by atoms with Gasteiger partial charge in [0.2, 0.25) is 0 Å². The van der Waals surface area contributed by atoms with Gasteiger partial charge >= 0.3 is 0 Å². The summed E-state index contributed by atoms with van der Waals surface area (Å²) in [6, 6.07) is 55.6. The molecule has 9 rings (SSSR count). The van der Waals surface area contributed by atoms with Gasteiger partial charge in [-0.15, -0.1) is 0 Å². The van der Waals surface area contributed by atoms with Gasteiger partial charge in [-0.05, 0) is 59.2 Å². The lowest BCUT2D eigenvalue weighted by Crippen LogP contribution is -2.04. The molecule has 51 heavy (non-hydrogen) atoms. The lowest BCUT2D eigenvalue weighted by Gasteiger charge is -2.16. The van der Waals surface area contributed by atoms with E-state index in [9.17, 15) is 5.26 Å². The molecule has 0 N–H and O–H groups in total. The van der Waals surface area contributed by atoms with Crippen molar-refractivity contribution in [3.63, 3.8) is 0 Å². The Bertz CT molecular complexity index is 2670. The predicted molar refractivity (Wildman–Crippen MR) is 204 cm³/mol. The summed E-state index contributed by atoms with van der Waals surface area (Å²) >= 11 is 0. The van der Waals surface area contributed by atoms with Gasteiger partial charge in [-0.2, -0.15) is 5.26 Å². The molecule has 3 aromatic heterocycles. The topological polar surface area (TPSA) is 80.3 Å². The minimum Gasteiger partial charge on any atom is -0.308 e. The smallest absolute Gasteiger partial charge is 0.166 e. The van der Waals surface area contributed by atoms with Gasteiger partial charge in [-0.1, -0.05) is 115 Å². The molecule has 0 radical (unpaired) electrons. The van der Waals surface area contributed by atoms with Gasteiger partial charge in [0.1, 0.15) is 0 Å². The molecule has 0 amide bonds. The average Bonchev–Trinajstić information content (AvgIpc) is 3.55. The Morgan fingerprint density at radius 3 is 1.73 bits per heavy atom. The van der Waals surface area contributed by atoms with E-state index < -0.39 is 0 Å². The maximum atomic E-state index is 9.39. The van der Waals surface area contributed by atoms with Gasteiger partial charge in [0.25, 0.3) is 0 Å². The molecule has 0 aliphatic carbocycles. The largest absolute Gasteiger partial charge is 0.308 e. The molecule has 3 heterocycles. The summed E-state index contributed by atoms with van der Waals surface area (Å²) in [5.41, 5.74) is 10.5. The fourth-order valence-electron chi connectivity index (χ4n) is 6.70. The SMILES string of the molecule is N#Cc1ccc(-c2ccc3c4ccccc4n(-c4ccc(-c5cccnc5)cc4-c4nc(-c5ccccc5)nc(-c5ccccc5)n4)c3c2)cc1. The van der Waals surface area contributed by atoms with Crippen LogP contribution in [0.1, 0.15) is 5.56 Å². The van der Waals surface area contributed by atoms with Gasteiger partial charge in [0.05, 0.1) is 28.4 Å². The van der Waals surface area contributed by atoms with Crippen molar-refractivity contribution >= 4 is 21.8 Å². The Morgan fingerprint density at radius 1 is 0.451 bits per heavy atom. The predicted octanol–water partition coefficient (Wildman–Crippen LogP) is 10.6. The van der Waals surface area contributed by atoms with Gasteiger partial charge < -0.3 is 4.57 Å². The summed E-state index contributed by atoms with van der Waals surface area (Å²) in [6.07, 6.45) is 3.66. The maximum Gasteiger partial charge on any atom is 0.166 e. The van der Waals surface area contributed by atoms with Crippen LogP contribution in [0.25, 0.3) is 83.9 Å². The fraction of sp³-hybridized carbons (Fsp3) is 0. The highest BCUT2D eigenvalue weighted by atomic mass is 15.1. The number of nitrogens with zero attached hydrogens (tertiary/aromatic N) is 6. The van der Waals surface area contributed by atoms with E-state index in [1.54, 1.807) is 6.20 Å². The minimum atomic E-state index is 0.567. The van der Waals surface area contributed by atoms with E-state index in [0.29, 0.717) is 23.0 Å². The summed E-state index contributed by atoms with van der Waals surface area (Å²) in [6.45, 7) is 0. The summed E-state index contributed by atoms with van der Waals surface area (Å²) in [5.74, 6) is 1.77. The first-order valence-electron chi connectivity index (χ1n) is 16.7. The summed E-state index contributed by atoms with van der Waals surface area (Å²) in [7, 11) is 0.